The minimum absolute atomic E-state index is 0.0477. The van der Waals surface area contributed by atoms with Crippen LogP contribution >= 0.6 is 0 Å². The van der Waals surface area contributed by atoms with Gasteiger partial charge in [0.2, 0.25) is 11.8 Å². The number of halogens is 3. The number of anilines is 1. The van der Waals surface area contributed by atoms with Gasteiger partial charge in [-0.3, -0.25) is 9.59 Å². The van der Waals surface area contributed by atoms with Gasteiger partial charge in [0.15, 0.2) is 5.84 Å². The molecule has 0 spiro atoms. The van der Waals surface area contributed by atoms with Crippen LogP contribution in [-0.2, 0) is 20.0 Å². The van der Waals surface area contributed by atoms with Gasteiger partial charge in [0.25, 0.3) is 5.60 Å². The van der Waals surface area contributed by atoms with Crippen LogP contribution < -0.4 is 11.1 Å². The predicted octanol–water partition coefficient (Wildman–Crippen LogP) is 3.43. The lowest BCUT2D eigenvalue weighted by molar-refractivity contribution is -0.275. The van der Waals surface area contributed by atoms with E-state index in [9.17, 15) is 22.8 Å². The molecule has 3 atom stereocenters. The number of carbonyl (C=O) groups is 2. The second kappa shape index (κ2) is 8.92. The van der Waals surface area contributed by atoms with Gasteiger partial charge in [0, 0.05) is 11.3 Å². The van der Waals surface area contributed by atoms with Crippen molar-refractivity contribution in [3.63, 3.8) is 0 Å². The van der Waals surface area contributed by atoms with E-state index >= 15 is 0 Å². The number of hydrogen-bond donors (Lipinski definition) is 2. The zero-order chi connectivity index (χ0) is 26.3. The Morgan fingerprint density at radius 2 is 2.03 bits per heavy atom. The summed E-state index contributed by atoms with van der Waals surface area (Å²) in [6.45, 7) is 5.16. The van der Waals surface area contributed by atoms with Crippen LogP contribution in [0.4, 0.5) is 18.9 Å². The van der Waals surface area contributed by atoms with Crippen molar-refractivity contribution in [3.8, 4) is 0 Å². The molecule has 9 nitrogen and oxygen atoms in total. The molecule has 3 unspecified atom stereocenters. The quantitative estimate of drug-likeness (QED) is 0.648. The number of hydrogen-bond acceptors (Lipinski definition) is 6. The second-order valence-electron chi connectivity index (χ2n) is 9.13. The number of aryl methyl sites for hydroxylation is 1. The van der Waals surface area contributed by atoms with E-state index in [0.717, 1.165) is 4.68 Å². The lowest BCUT2D eigenvalue weighted by Gasteiger charge is -2.38. The van der Waals surface area contributed by atoms with Crippen LogP contribution in [0.1, 0.15) is 31.4 Å². The van der Waals surface area contributed by atoms with E-state index in [1.165, 1.54) is 30.9 Å². The van der Waals surface area contributed by atoms with Crippen molar-refractivity contribution in [1.29, 1.82) is 0 Å². The Hall–Kier alpha value is -3.96. The van der Waals surface area contributed by atoms with Crippen molar-refractivity contribution < 1.29 is 27.6 Å². The standard InChI is InChI=1S/C24H25F3N6O3/c1-14(2)22(21(28)35)9-5-4-6-17(22)20(34)31-18-8-7-16(10-15(18)3)23(24(25,26)27)11-19(32-36-23)33-13-29-12-30-33/h4-10,12-14,17H,11H2,1-3H3,(H2,28,35)(H,31,34). The van der Waals surface area contributed by atoms with Gasteiger partial charge in [-0.25, -0.2) is 9.67 Å². The molecule has 0 bridgehead atoms. The molecule has 12 heteroatoms. The average molecular weight is 502 g/mol. The zero-order valence-electron chi connectivity index (χ0n) is 19.8. The number of rotatable bonds is 5. The molecule has 4 rings (SSSR count). The fourth-order valence-corrected chi connectivity index (χ4v) is 4.65. The van der Waals surface area contributed by atoms with Crippen LogP contribution in [0.25, 0.3) is 0 Å². The van der Waals surface area contributed by atoms with Gasteiger partial charge in [0.1, 0.15) is 12.7 Å². The number of carbonyl (C=O) groups excluding carboxylic acids is 2. The average Bonchev–Trinajstić information content (AvgIpc) is 3.50. The van der Waals surface area contributed by atoms with Crippen molar-refractivity contribution in [2.45, 2.75) is 39.0 Å². The Labute approximate surface area is 204 Å². The number of nitrogens with two attached hydrogens (primary N) is 1. The summed E-state index contributed by atoms with van der Waals surface area (Å²) in [6.07, 6.45) is 3.55. The van der Waals surface area contributed by atoms with E-state index in [4.69, 9.17) is 10.6 Å². The van der Waals surface area contributed by atoms with Crippen molar-refractivity contribution in [2.24, 2.45) is 28.1 Å². The lowest BCUT2D eigenvalue weighted by Crippen LogP contribution is -2.50. The minimum Gasteiger partial charge on any atom is -0.372 e. The maximum Gasteiger partial charge on any atom is 0.435 e. The maximum atomic E-state index is 14.3. The third-order valence-corrected chi connectivity index (χ3v) is 6.77. The Kier molecular flexibility index (Phi) is 6.23. The Bertz CT molecular complexity index is 1270. The summed E-state index contributed by atoms with van der Waals surface area (Å²) in [4.78, 5) is 34.4. The first-order valence-corrected chi connectivity index (χ1v) is 11.2. The molecule has 1 aromatic carbocycles. The molecule has 2 aromatic rings. The molecule has 2 aliphatic rings. The van der Waals surface area contributed by atoms with E-state index in [0.29, 0.717) is 11.3 Å². The van der Waals surface area contributed by atoms with Gasteiger partial charge in [-0.1, -0.05) is 49.4 Å². The molecule has 0 fully saturated rings. The monoisotopic (exact) mass is 502 g/mol. The van der Waals surface area contributed by atoms with Crippen molar-refractivity contribution in [2.75, 3.05) is 5.32 Å². The third-order valence-electron chi connectivity index (χ3n) is 6.77. The predicted molar refractivity (Wildman–Crippen MR) is 124 cm³/mol. The first kappa shape index (κ1) is 25.1. The number of oxime groups is 1. The number of benzene rings is 1. The summed E-state index contributed by atoms with van der Waals surface area (Å²) in [6, 6.07) is 3.90. The summed E-state index contributed by atoms with van der Waals surface area (Å²) in [5.74, 6) is -2.36. The number of nitrogens with zero attached hydrogens (tertiary/aromatic N) is 4. The molecule has 1 aliphatic carbocycles. The van der Waals surface area contributed by atoms with Crippen LogP contribution in [-0.4, -0.2) is 38.6 Å². The molecule has 0 radical (unpaired) electrons. The number of aromatic nitrogens is 3. The van der Waals surface area contributed by atoms with Gasteiger partial charge in [-0.2, -0.15) is 18.3 Å². The SMILES string of the molecule is Cc1cc(C2(C(F)(F)F)CC(n3cncn3)=NO2)ccc1NC(=O)C1C=CC=CC1(C(N)=O)C(C)C. The van der Waals surface area contributed by atoms with Gasteiger partial charge in [-0.05, 0) is 30.5 Å². The highest BCUT2D eigenvalue weighted by atomic mass is 19.4. The maximum absolute atomic E-state index is 14.3. The molecule has 0 saturated heterocycles. The van der Waals surface area contributed by atoms with Gasteiger partial charge in [-0.15, -0.1) is 0 Å². The van der Waals surface area contributed by atoms with E-state index in [-0.39, 0.29) is 17.3 Å². The number of amides is 2. The molecule has 2 amide bonds. The van der Waals surface area contributed by atoms with E-state index in [1.54, 1.807) is 45.1 Å². The molecule has 1 aromatic heterocycles. The van der Waals surface area contributed by atoms with Gasteiger partial charge < -0.3 is 15.9 Å². The van der Waals surface area contributed by atoms with Gasteiger partial charge >= 0.3 is 6.18 Å². The summed E-state index contributed by atoms with van der Waals surface area (Å²) in [5.41, 5.74) is 2.22. The third kappa shape index (κ3) is 3.95. The molecular formula is C24H25F3N6O3. The molecule has 3 N–H and O–H groups in total. The molecule has 2 heterocycles. The number of primary amides is 1. The highest BCUT2D eigenvalue weighted by Gasteiger charge is 2.62. The van der Waals surface area contributed by atoms with Crippen LogP contribution in [0, 0.1) is 24.2 Å². The number of nitrogens with one attached hydrogen (secondary N) is 1. The van der Waals surface area contributed by atoms with E-state index < -0.39 is 41.3 Å². The van der Waals surface area contributed by atoms with E-state index in [2.05, 4.69) is 20.6 Å². The fraction of sp³-hybridized carbons (Fsp3) is 0.375. The van der Waals surface area contributed by atoms with Crippen LogP contribution in [0.5, 0.6) is 0 Å². The normalized spacial score (nSPS) is 25.5. The summed E-state index contributed by atoms with van der Waals surface area (Å²) < 4.78 is 43.9. The summed E-state index contributed by atoms with van der Waals surface area (Å²) in [7, 11) is 0. The summed E-state index contributed by atoms with van der Waals surface area (Å²) in [5, 5.41) is 10.2. The molecule has 0 saturated carbocycles. The van der Waals surface area contributed by atoms with E-state index in [1.807, 2.05) is 0 Å². The van der Waals surface area contributed by atoms with Crippen molar-refractivity contribution >= 4 is 23.3 Å². The minimum atomic E-state index is -4.80. The zero-order valence-corrected chi connectivity index (χ0v) is 19.8. The van der Waals surface area contributed by atoms with Crippen LogP contribution in [0.2, 0.25) is 0 Å². The Morgan fingerprint density at radius 3 is 2.61 bits per heavy atom. The Balaban J connectivity index is 1.62. The number of alkyl halides is 3. The van der Waals surface area contributed by atoms with Crippen LogP contribution in [0.3, 0.4) is 0 Å². The summed E-state index contributed by atoms with van der Waals surface area (Å²) >= 11 is 0. The topological polar surface area (TPSA) is 124 Å². The Morgan fingerprint density at radius 1 is 1.28 bits per heavy atom. The molecule has 1 aliphatic heterocycles. The smallest absolute Gasteiger partial charge is 0.372 e. The first-order valence-electron chi connectivity index (χ1n) is 11.2. The largest absolute Gasteiger partial charge is 0.435 e. The number of allylic oxidation sites excluding steroid dienone is 2. The van der Waals surface area contributed by atoms with Crippen molar-refractivity contribution in [3.05, 3.63) is 66.3 Å². The second-order valence-corrected chi connectivity index (χ2v) is 9.13. The highest BCUT2D eigenvalue weighted by Crippen LogP contribution is 2.49. The van der Waals surface area contributed by atoms with Crippen molar-refractivity contribution in [1.82, 2.24) is 14.8 Å². The highest BCUT2D eigenvalue weighted by molar-refractivity contribution is 6.00. The van der Waals surface area contributed by atoms with Gasteiger partial charge in [0.05, 0.1) is 17.8 Å². The molecular weight excluding hydrogens is 477 g/mol. The molecule has 190 valence electrons. The molecule has 36 heavy (non-hydrogen) atoms. The lowest BCUT2D eigenvalue weighted by atomic mass is 9.64. The first-order chi connectivity index (χ1) is 16.9. The fourth-order valence-electron chi connectivity index (χ4n) is 4.65. The van der Waals surface area contributed by atoms with Crippen LogP contribution in [0.15, 0.2) is 60.3 Å².